The van der Waals surface area contributed by atoms with Gasteiger partial charge in [-0.2, -0.15) is 4.98 Å². The summed E-state index contributed by atoms with van der Waals surface area (Å²) in [4.78, 5) is 20.5. The summed E-state index contributed by atoms with van der Waals surface area (Å²) < 4.78 is 28.5. The highest BCUT2D eigenvalue weighted by atomic mass is 35.5. The summed E-state index contributed by atoms with van der Waals surface area (Å²) in [5, 5.41) is 12.9. The Morgan fingerprint density at radius 2 is 1.91 bits per heavy atom. The average Bonchev–Trinajstić information content (AvgIpc) is 2.79. The molecule has 1 aromatic heterocycles. The van der Waals surface area contributed by atoms with Crippen LogP contribution in [0.15, 0.2) is 59.5 Å². The van der Waals surface area contributed by atoms with Crippen molar-refractivity contribution in [2.75, 3.05) is 16.6 Å². The van der Waals surface area contributed by atoms with Crippen LogP contribution in [0.1, 0.15) is 23.2 Å². The van der Waals surface area contributed by atoms with Gasteiger partial charge in [0, 0.05) is 17.1 Å². The Bertz CT molecular complexity index is 1270. The lowest BCUT2D eigenvalue weighted by molar-refractivity contribution is -0.142. The Hall–Kier alpha value is -3.17. The smallest absolute Gasteiger partial charge is 0.306 e. The van der Waals surface area contributed by atoms with Crippen molar-refractivity contribution in [2.45, 2.75) is 30.6 Å². The molecule has 2 aromatic carbocycles. The molecule has 0 bridgehead atoms. The second kappa shape index (κ2) is 9.76. The summed E-state index contributed by atoms with van der Waals surface area (Å²) in [5.74, 6) is -1.16. The van der Waals surface area contributed by atoms with E-state index in [4.69, 9.17) is 11.6 Å². The molecule has 1 aliphatic rings. The third kappa shape index (κ3) is 5.61. The van der Waals surface area contributed by atoms with Crippen molar-refractivity contribution in [3.05, 3.63) is 76.4 Å². The molecule has 172 valence electrons. The Balaban J connectivity index is 1.63. The van der Waals surface area contributed by atoms with Gasteiger partial charge in [-0.1, -0.05) is 48.0 Å². The fourth-order valence-corrected chi connectivity index (χ4v) is 5.11. The average molecular weight is 487 g/mol. The number of carbonyl (C=O) groups is 1. The van der Waals surface area contributed by atoms with Crippen LogP contribution >= 0.6 is 11.6 Å². The number of benzene rings is 2. The Kier molecular flexibility index (Phi) is 6.80. The highest BCUT2D eigenvalue weighted by molar-refractivity contribution is 7.92. The number of aryl methyl sites for hydroxylation is 1. The molecule has 8 nitrogen and oxygen atoms in total. The molecule has 1 unspecified atom stereocenters. The summed E-state index contributed by atoms with van der Waals surface area (Å²) in [6.45, 7) is 0.557. The summed E-state index contributed by atoms with van der Waals surface area (Å²) >= 11 is 5.96. The second-order valence-electron chi connectivity index (χ2n) is 7.82. The van der Waals surface area contributed by atoms with E-state index in [0.717, 1.165) is 12.0 Å². The predicted octanol–water partition coefficient (Wildman–Crippen LogP) is 3.77. The topological polar surface area (TPSA) is 121 Å². The molecule has 33 heavy (non-hydrogen) atoms. The lowest BCUT2D eigenvalue weighted by atomic mass is 9.87. The summed E-state index contributed by atoms with van der Waals surface area (Å²) in [6, 6.07) is 15.8. The van der Waals surface area contributed by atoms with Crippen LogP contribution in [0.2, 0.25) is 5.02 Å². The molecule has 1 aliphatic carbocycles. The molecule has 1 atom stereocenters. The molecule has 3 aromatic rings. The van der Waals surface area contributed by atoms with Crippen LogP contribution in [-0.4, -0.2) is 36.0 Å². The number of aromatic nitrogens is 2. The maximum atomic E-state index is 13.0. The van der Waals surface area contributed by atoms with Gasteiger partial charge in [0.2, 0.25) is 5.95 Å². The monoisotopic (exact) mass is 486 g/mol. The molecular weight excluding hydrogens is 464 g/mol. The van der Waals surface area contributed by atoms with Crippen molar-refractivity contribution >= 4 is 39.4 Å². The van der Waals surface area contributed by atoms with Gasteiger partial charge in [-0.25, -0.2) is 13.4 Å². The first-order valence-electron chi connectivity index (χ1n) is 10.5. The molecule has 0 saturated carbocycles. The molecule has 0 aliphatic heterocycles. The van der Waals surface area contributed by atoms with E-state index in [2.05, 4.69) is 20.0 Å². The number of hydrogen-bond acceptors (Lipinski definition) is 6. The first-order valence-corrected chi connectivity index (χ1v) is 12.4. The van der Waals surface area contributed by atoms with E-state index in [0.29, 0.717) is 36.6 Å². The highest BCUT2D eigenvalue weighted by Crippen LogP contribution is 2.31. The minimum Gasteiger partial charge on any atom is -0.481 e. The van der Waals surface area contributed by atoms with Crippen molar-refractivity contribution in [1.29, 1.82) is 0 Å². The molecular formula is C23H23ClN4O4S. The molecule has 10 heteroatoms. The zero-order valence-corrected chi connectivity index (χ0v) is 19.2. The van der Waals surface area contributed by atoms with Gasteiger partial charge in [-0.3, -0.25) is 9.52 Å². The van der Waals surface area contributed by atoms with Gasteiger partial charge in [0.1, 0.15) is 5.82 Å². The normalized spacial score (nSPS) is 15.5. The van der Waals surface area contributed by atoms with Gasteiger partial charge in [-0.05, 0) is 49.4 Å². The van der Waals surface area contributed by atoms with Crippen molar-refractivity contribution in [1.82, 2.24) is 9.97 Å². The summed E-state index contributed by atoms with van der Waals surface area (Å²) in [5.41, 5.74) is 2.30. The number of halogens is 1. The van der Waals surface area contributed by atoms with E-state index in [-0.39, 0.29) is 22.2 Å². The zero-order chi connectivity index (χ0) is 23.4. The molecule has 4 rings (SSSR count). The van der Waals surface area contributed by atoms with Crippen molar-refractivity contribution < 1.29 is 18.3 Å². The number of hydrogen-bond donors (Lipinski definition) is 3. The quantitative estimate of drug-likeness (QED) is 0.443. The van der Waals surface area contributed by atoms with Gasteiger partial charge in [0.15, 0.2) is 0 Å². The van der Waals surface area contributed by atoms with E-state index < -0.39 is 21.9 Å². The number of sulfonamides is 1. The SMILES string of the molecule is O=C(O)C1CCc2nc(NCCc3ccccc3)nc(NS(=O)(=O)c3cccc(Cl)c3)c2C1. The van der Waals surface area contributed by atoms with E-state index in [1.165, 1.54) is 12.1 Å². The third-order valence-corrected chi connectivity index (χ3v) is 7.07. The maximum absolute atomic E-state index is 13.0. The number of aliphatic carboxylic acids is 1. The molecule has 0 fully saturated rings. The standard InChI is InChI=1S/C23H23ClN4O4S/c24-17-7-4-8-18(14-17)33(31,32)28-21-19-13-16(22(29)30)9-10-20(19)26-23(27-21)25-12-11-15-5-2-1-3-6-15/h1-8,14,16H,9-13H2,(H,29,30)(H2,25,26,27,28). The van der Waals surface area contributed by atoms with Crippen LogP contribution in [0, 0.1) is 5.92 Å². The van der Waals surface area contributed by atoms with Crippen LogP contribution in [0.5, 0.6) is 0 Å². The zero-order valence-electron chi connectivity index (χ0n) is 17.7. The Morgan fingerprint density at radius 1 is 1.12 bits per heavy atom. The lowest BCUT2D eigenvalue weighted by Crippen LogP contribution is -2.26. The Morgan fingerprint density at radius 3 is 2.64 bits per heavy atom. The van der Waals surface area contributed by atoms with Gasteiger partial charge in [-0.15, -0.1) is 0 Å². The number of carboxylic acids is 1. The van der Waals surface area contributed by atoms with Crippen LogP contribution in [-0.2, 0) is 34.1 Å². The van der Waals surface area contributed by atoms with E-state index >= 15 is 0 Å². The van der Waals surface area contributed by atoms with Crippen LogP contribution < -0.4 is 10.0 Å². The molecule has 0 spiro atoms. The molecule has 1 heterocycles. The summed E-state index contributed by atoms with van der Waals surface area (Å²) in [7, 11) is -3.99. The number of carboxylic acid groups (broad SMARTS) is 1. The largest absolute Gasteiger partial charge is 0.481 e. The van der Waals surface area contributed by atoms with Crippen molar-refractivity contribution in [3.8, 4) is 0 Å². The van der Waals surface area contributed by atoms with Gasteiger partial charge < -0.3 is 10.4 Å². The first-order chi connectivity index (χ1) is 15.8. The number of rotatable bonds is 8. The summed E-state index contributed by atoms with van der Waals surface area (Å²) in [6.07, 6.45) is 1.76. The lowest BCUT2D eigenvalue weighted by Gasteiger charge is -2.24. The number of anilines is 2. The fraction of sp³-hybridized carbons (Fsp3) is 0.261. The minimum atomic E-state index is -3.99. The van der Waals surface area contributed by atoms with Gasteiger partial charge >= 0.3 is 5.97 Å². The van der Waals surface area contributed by atoms with E-state index in [1.54, 1.807) is 12.1 Å². The third-order valence-electron chi connectivity index (χ3n) is 5.50. The number of nitrogens with zero attached hydrogens (tertiary/aromatic N) is 2. The van der Waals surface area contributed by atoms with Crippen molar-refractivity contribution in [3.63, 3.8) is 0 Å². The predicted molar refractivity (Wildman–Crippen MR) is 126 cm³/mol. The Labute approximate surface area is 197 Å². The maximum Gasteiger partial charge on any atom is 0.306 e. The number of nitrogens with one attached hydrogen (secondary N) is 2. The van der Waals surface area contributed by atoms with Crippen molar-refractivity contribution in [2.24, 2.45) is 5.92 Å². The minimum absolute atomic E-state index is 0.00783. The second-order valence-corrected chi connectivity index (χ2v) is 9.94. The molecule has 0 radical (unpaired) electrons. The molecule has 0 amide bonds. The van der Waals surface area contributed by atoms with E-state index in [9.17, 15) is 18.3 Å². The van der Waals surface area contributed by atoms with E-state index in [1.807, 2.05) is 30.3 Å². The van der Waals surface area contributed by atoms with Crippen LogP contribution in [0.4, 0.5) is 11.8 Å². The van der Waals surface area contributed by atoms with Crippen LogP contribution in [0.3, 0.4) is 0 Å². The first kappa shape index (κ1) is 23.0. The number of fused-ring (bicyclic) bond motifs is 1. The molecule has 0 saturated heterocycles. The highest BCUT2D eigenvalue weighted by Gasteiger charge is 2.30. The fourth-order valence-electron chi connectivity index (χ4n) is 3.77. The van der Waals surface area contributed by atoms with Gasteiger partial charge in [0.25, 0.3) is 10.0 Å². The molecule has 3 N–H and O–H groups in total. The van der Waals surface area contributed by atoms with Crippen LogP contribution in [0.25, 0.3) is 0 Å². The van der Waals surface area contributed by atoms with Gasteiger partial charge in [0.05, 0.1) is 16.5 Å².